The minimum atomic E-state index is -0.187. The Morgan fingerprint density at radius 2 is 2.06 bits per heavy atom. The van der Waals surface area contributed by atoms with Gasteiger partial charge in [0.15, 0.2) is 11.5 Å². The van der Waals surface area contributed by atoms with Gasteiger partial charge in [-0.15, -0.1) is 0 Å². The van der Waals surface area contributed by atoms with Gasteiger partial charge in [0.2, 0.25) is 0 Å². The smallest absolute Gasteiger partial charge is 0.161 e. The zero-order chi connectivity index (χ0) is 12.7. The fourth-order valence-electron chi connectivity index (χ4n) is 1.42. The molecule has 0 radical (unpaired) electrons. The number of para-hydroxylation sites is 2. The minimum Gasteiger partial charge on any atom is -0.490 e. The summed E-state index contributed by atoms with van der Waals surface area (Å²) in [6.45, 7) is 4.34. The van der Waals surface area contributed by atoms with Gasteiger partial charge in [-0.1, -0.05) is 17.3 Å². The number of ether oxygens (including phenoxy) is 2. The van der Waals surface area contributed by atoms with Crippen LogP contribution >= 0.6 is 0 Å². The fraction of sp³-hybridized carbons (Fsp3) is 0.417. The molecule has 5 heteroatoms. The molecule has 0 amide bonds. The third-order valence-corrected chi connectivity index (χ3v) is 2.10. The molecule has 0 aliphatic rings. The first-order chi connectivity index (χ1) is 8.17. The molecule has 17 heavy (non-hydrogen) atoms. The summed E-state index contributed by atoms with van der Waals surface area (Å²) in [4.78, 5) is 0. The Morgan fingerprint density at radius 1 is 1.41 bits per heavy atom. The lowest BCUT2D eigenvalue weighted by Gasteiger charge is -2.16. The Balaban J connectivity index is 2.67. The lowest BCUT2D eigenvalue weighted by molar-refractivity contribution is 0.211. The van der Waals surface area contributed by atoms with E-state index in [1.54, 1.807) is 0 Å². The quantitative estimate of drug-likeness (QED) is 0.344. The summed E-state index contributed by atoms with van der Waals surface area (Å²) in [5.74, 6) is 1.50. The highest BCUT2D eigenvalue weighted by Crippen LogP contribution is 2.27. The van der Waals surface area contributed by atoms with Crippen molar-refractivity contribution in [2.24, 2.45) is 10.9 Å². The van der Waals surface area contributed by atoms with Crippen molar-refractivity contribution < 1.29 is 14.7 Å². The van der Waals surface area contributed by atoms with Crippen LogP contribution in [0.4, 0.5) is 0 Å². The third kappa shape index (κ3) is 4.22. The number of rotatable bonds is 6. The van der Waals surface area contributed by atoms with E-state index in [9.17, 15) is 0 Å². The molecule has 0 saturated heterocycles. The first kappa shape index (κ1) is 13.2. The molecule has 5 nitrogen and oxygen atoms in total. The van der Waals surface area contributed by atoms with Crippen LogP contribution < -0.4 is 15.2 Å². The van der Waals surface area contributed by atoms with E-state index in [-0.39, 0.29) is 11.9 Å². The minimum absolute atomic E-state index is 0.145. The van der Waals surface area contributed by atoms with Crippen LogP contribution in [0.2, 0.25) is 0 Å². The Morgan fingerprint density at radius 3 is 2.65 bits per heavy atom. The van der Waals surface area contributed by atoms with E-state index in [0.29, 0.717) is 24.5 Å². The van der Waals surface area contributed by atoms with Gasteiger partial charge in [0.25, 0.3) is 0 Å². The second kappa shape index (κ2) is 6.62. The molecule has 0 aromatic heterocycles. The summed E-state index contributed by atoms with van der Waals surface area (Å²) >= 11 is 0. The number of nitrogens with zero attached hydrogens (tertiary/aromatic N) is 1. The molecule has 94 valence electrons. The van der Waals surface area contributed by atoms with Crippen LogP contribution in [0.3, 0.4) is 0 Å². The maximum Gasteiger partial charge on any atom is 0.161 e. The molecular weight excluding hydrogens is 220 g/mol. The largest absolute Gasteiger partial charge is 0.490 e. The summed E-state index contributed by atoms with van der Waals surface area (Å²) in [5, 5.41) is 11.4. The summed E-state index contributed by atoms with van der Waals surface area (Å²) in [5.41, 5.74) is 5.41. The molecule has 0 saturated carbocycles. The molecule has 1 rings (SSSR count). The van der Waals surface area contributed by atoms with E-state index in [4.69, 9.17) is 20.4 Å². The van der Waals surface area contributed by atoms with Crippen molar-refractivity contribution >= 4 is 5.84 Å². The third-order valence-electron chi connectivity index (χ3n) is 2.10. The highest BCUT2D eigenvalue weighted by atomic mass is 16.5. The average molecular weight is 238 g/mol. The number of benzene rings is 1. The number of oxime groups is 1. The number of nitrogens with two attached hydrogens (primary N) is 1. The zero-order valence-corrected chi connectivity index (χ0v) is 10.1. The Hall–Kier alpha value is -1.91. The molecule has 0 heterocycles. The lowest BCUT2D eigenvalue weighted by atomic mass is 10.2. The summed E-state index contributed by atoms with van der Waals surface area (Å²) in [6.07, 6.45) is 0.171. The van der Waals surface area contributed by atoms with Gasteiger partial charge < -0.3 is 20.4 Å². The Bertz CT molecular complexity index is 380. The van der Waals surface area contributed by atoms with Gasteiger partial charge in [0, 0.05) is 6.42 Å². The normalized spacial score (nSPS) is 13.2. The monoisotopic (exact) mass is 238 g/mol. The Kier molecular flexibility index (Phi) is 5.13. The van der Waals surface area contributed by atoms with Crippen LogP contribution in [-0.2, 0) is 0 Å². The molecule has 0 spiro atoms. The molecular formula is C12H18N2O3. The molecule has 1 aromatic carbocycles. The van der Waals surface area contributed by atoms with E-state index < -0.39 is 0 Å². The average Bonchev–Trinajstić information content (AvgIpc) is 2.31. The van der Waals surface area contributed by atoms with Crippen LogP contribution in [0.15, 0.2) is 29.4 Å². The van der Waals surface area contributed by atoms with Crippen molar-refractivity contribution in [2.45, 2.75) is 26.4 Å². The van der Waals surface area contributed by atoms with Crippen molar-refractivity contribution in [1.82, 2.24) is 0 Å². The van der Waals surface area contributed by atoms with Gasteiger partial charge in [-0.2, -0.15) is 0 Å². The van der Waals surface area contributed by atoms with Gasteiger partial charge in [0.05, 0.1) is 6.61 Å². The SMILES string of the molecule is CCOc1ccccc1OC(C)CC(N)=NO. The molecule has 1 aromatic rings. The van der Waals surface area contributed by atoms with Gasteiger partial charge >= 0.3 is 0 Å². The van der Waals surface area contributed by atoms with Crippen molar-refractivity contribution in [3.63, 3.8) is 0 Å². The molecule has 0 fully saturated rings. The predicted molar refractivity (Wildman–Crippen MR) is 65.7 cm³/mol. The zero-order valence-electron chi connectivity index (χ0n) is 10.1. The van der Waals surface area contributed by atoms with Crippen LogP contribution in [-0.4, -0.2) is 23.8 Å². The molecule has 0 bridgehead atoms. The summed E-state index contributed by atoms with van der Waals surface area (Å²) in [7, 11) is 0. The van der Waals surface area contributed by atoms with Gasteiger partial charge in [-0.05, 0) is 26.0 Å². The lowest BCUT2D eigenvalue weighted by Crippen LogP contribution is -2.22. The Labute approximate surface area is 101 Å². The van der Waals surface area contributed by atoms with Crippen LogP contribution in [0, 0.1) is 0 Å². The molecule has 3 N–H and O–H groups in total. The number of hydrogen-bond acceptors (Lipinski definition) is 4. The van der Waals surface area contributed by atoms with E-state index in [1.165, 1.54) is 0 Å². The fourth-order valence-corrected chi connectivity index (χ4v) is 1.42. The second-order valence-corrected chi connectivity index (χ2v) is 3.60. The highest BCUT2D eigenvalue weighted by molar-refractivity contribution is 5.80. The summed E-state index contributed by atoms with van der Waals surface area (Å²) < 4.78 is 11.1. The first-order valence-corrected chi connectivity index (χ1v) is 5.52. The van der Waals surface area contributed by atoms with Gasteiger partial charge in [-0.25, -0.2) is 0 Å². The first-order valence-electron chi connectivity index (χ1n) is 5.52. The van der Waals surface area contributed by atoms with Gasteiger partial charge in [-0.3, -0.25) is 0 Å². The molecule has 0 aliphatic heterocycles. The van der Waals surface area contributed by atoms with Crippen molar-refractivity contribution in [2.75, 3.05) is 6.61 Å². The maximum absolute atomic E-state index is 8.47. The van der Waals surface area contributed by atoms with E-state index in [0.717, 1.165) is 0 Å². The highest BCUT2D eigenvalue weighted by Gasteiger charge is 2.10. The standard InChI is InChI=1S/C12H18N2O3/c1-3-16-10-6-4-5-7-11(10)17-9(2)8-12(13)14-15/h4-7,9,15H,3,8H2,1-2H3,(H2,13,14). The molecule has 0 aliphatic carbocycles. The molecule has 1 unspecified atom stereocenters. The van der Waals surface area contributed by atoms with Gasteiger partial charge in [0.1, 0.15) is 11.9 Å². The van der Waals surface area contributed by atoms with Crippen molar-refractivity contribution in [1.29, 1.82) is 0 Å². The van der Waals surface area contributed by atoms with E-state index >= 15 is 0 Å². The van der Waals surface area contributed by atoms with Crippen LogP contribution in [0.25, 0.3) is 0 Å². The van der Waals surface area contributed by atoms with Crippen molar-refractivity contribution in [3.8, 4) is 11.5 Å². The number of amidine groups is 1. The topological polar surface area (TPSA) is 77.1 Å². The summed E-state index contributed by atoms with van der Waals surface area (Å²) in [6, 6.07) is 7.42. The van der Waals surface area contributed by atoms with Crippen LogP contribution in [0.1, 0.15) is 20.3 Å². The second-order valence-electron chi connectivity index (χ2n) is 3.60. The van der Waals surface area contributed by atoms with E-state index in [1.807, 2.05) is 38.1 Å². The maximum atomic E-state index is 8.47. The van der Waals surface area contributed by atoms with Crippen molar-refractivity contribution in [3.05, 3.63) is 24.3 Å². The number of hydrogen-bond donors (Lipinski definition) is 2. The van der Waals surface area contributed by atoms with E-state index in [2.05, 4.69) is 5.16 Å². The molecule has 1 atom stereocenters. The van der Waals surface area contributed by atoms with Crippen LogP contribution in [0.5, 0.6) is 11.5 Å². The predicted octanol–water partition coefficient (Wildman–Crippen LogP) is 1.99.